The van der Waals surface area contributed by atoms with Crippen molar-refractivity contribution in [1.82, 2.24) is 9.55 Å². The largest absolute Gasteiger partial charge is 0.383 e. The molecule has 1 aliphatic carbocycles. The van der Waals surface area contributed by atoms with E-state index in [9.17, 15) is 4.79 Å². The van der Waals surface area contributed by atoms with Crippen molar-refractivity contribution in [3.8, 4) is 11.1 Å². The molecule has 2 fully saturated rings. The lowest BCUT2D eigenvalue weighted by atomic mass is 9.73. The van der Waals surface area contributed by atoms with Crippen molar-refractivity contribution in [2.24, 2.45) is 24.1 Å². The topological polar surface area (TPSA) is 90.2 Å². The van der Waals surface area contributed by atoms with Crippen molar-refractivity contribution in [3.63, 3.8) is 0 Å². The summed E-state index contributed by atoms with van der Waals surface area (Å²) in [5, 5.41) is 0.491. The molecule has 6 nitrogen and oxygen atoms in total. The third-order valence-electron chi connectivity index (χ3n) is 6.90. The van der Waals surface area contributed by atoms with Gasteiger partial charge < -0.3 is 16.4 Å². The molecule has 2 heterocycles. The zero-order valence-corrected chi connectivity index (χ0v) is 17.2. The highest BCUT2D eigenvalue weighted by Crippen LogP contribution is 2.48. The minimum absolute atomic E-state index is 0.179. The van der Waals surface area contributed by atoms with E-state index in [1.54, 1.807) is 23.7 Å². The van der Waals surface area contributed by atoms with Crippen LogP contribution in [0.2, 0.25) is 5.02 Å². The van der Waals surface area contributed by atoms with Crippen LogP contribution in [0.5, 0.6) is 0 Å². The Morgan fingerprint density at radius 1 is 1.21 bits per heavy atom. The number of nitrogen functional groups attached to an aromatic ring is 1. The van der Waals surface area contributed by atoms with Gasteiger partial charge in [0.1, 0.15) is 5.82 Å². The fourth-order valence-electron chi connectivity index (χ4n) is 5.01. The molecule has 1 aromatic carbocycles. The first-order valence-corrected chi connectivity index (χ1v) is 10.3. The van der Waals surface area contributed by atoms with E-state index in [1.807, 2.05) is 12.1 Å². The lowest BCUT2D eigenvalue weighted by Gasteiger charge is -2.43. The maximum Gasteiger partial charge on any atom is 0.264 e. The number of aromatic nitrogens is 2. The highest BCUT2D eigenvalue weighted by molar-refractivity contribution is 6.33. The van der Waals surface area contributed by atoms with Crippen molar-refractivity contribution in [2.45, 2.75) is 38.6 Å². The van der Waals surface area contributed by atoms with Crippen LogP contribution < -0.4 is 21.9 Å². The Balaban J connectivity index is 1.64. The van der Waals surface area contributed by atoms with E-state index in [0.29, 0.717) is 28.0 Å². The Morgan fingerprint density at radius 2 is 1.89 bits per heavy atom. The van der Waals surface area contributed by atoms with Crippen LogP contribution in [0.1, 0.15) is 32.6 Å². The van der Waals surface area contributed by atoms with Crippen molar-refractivity contribution in [3.05, 3.63) is 39.6 Å². The first-order chi connectivity index (χ1) is 13.3. The van der Waals surface area contributed by atoms with Gasteiger partial charge in [0, 0.05) is 36.8 Å². The van der Waals surface area contributed by atoms with Crippen molar-refractivity contribution < 1.29 is 0 Å². The molecule has 4 rings (SSSR count). The van der Waals surface area contributed by atoms with Crippen LogP contribution in [0.25, 0.3) is 11.1 Å². The molecule has 1 saturated carbocycles. The highest BCUT2D eigenvalue weighted by Gasteiger charge is 2.46. The standard InChI is InChI=1S/C21H28ClN5O/c1-13-7-8-21(17(13)23)9-11-27(12-10-21)20-25-18(24)16(19(28)26(20)2)14-5-3-4-6-15(14)22/h3-6,13,17H,7-12,23-24H2,1-2H3/t13-,17-/m1/s1. The van der Waals surface area contributed by atoms with Crippen molar-refractivity contribution in [2.75, 3.05) is 23.7 Å². The summed E-state index contributed by atoms with van der Waals surface area (Å²) < 4.78 is 1.59. The number of anilines is 2. The monoisotopic (exact) mass is 401 g/mol. The minimum Gasteiger partial charge on any atom is -0.383 e. The summed E-state index contributed by atoms with van der Waals surface area (Å²) in [6, 6.07) is 7.47. The average Bonchev–Trinajstić information content (AvgIpc) is 2.96. The molecule has 150 valence electrons. The molecule has 0 amide bonds. The Hall–Kier alpha value is -2.05. The number of hydrogen-bond acceptors (Lipinski definition) is 5. The maximum absolute atomic E-state index is 13.1. The van der Waals surface area contributed by atoms with E-state index in [-0.39, 0.29) is 22.8 Å². The van der Waals surface area contributed by atoms with Gasteiger partial charge in [-0.25, -0.2) is 0 Å². The summed E-state index contributed by atoms with van der Waals surface area (Å²) >= 11 is 6.28. The number of nitrogens with two attached hydrogens (primary N) is 2. The first kappa shape index (κ1) is 19.3. The number of halogens is 1. The number of hydrogen-bond donors (Lipinski definition) is 2. The number of rotatable bonds is 2. The van der Waals surface area contributed by atoms with Gasteiger partial charge in [0.05, 0.1) is 5.56 Å². The van der Waals surface area contributed by atoms with Gasteiger partial charge in [0.15, 0.2) is 0 Å². The van der Waals surface area contributed by atoms with E-state index in [4.69, 9.17) is 23.1 Å². The predicted molar refractivity (Wildman–Crippen MR) is 115 cm³/mol. The summed E-state index contributed by atoms with van der Waals surface area (Å²) in [5.41, 5.74) is 13.8. The zero-order valence-electron chi connectivity index (χ0n) is 16.5. The molecular weight excluding hydrogens is 374 g/mol. The fraction of sp³-hybridized carbons (Fsp3) is 0.524. The van der Waals surface area contributed by atoms with Gasteiger partial charge in [0.25, 0.3) is 5.56 Å². The summed E-state index contributed by atoms with van der Waals surface area (Å²) in [6.45, 7) is 3.93. The predicted octanol–water partition coefficient (Wildman–Crippen LogP) is 3.03. The molecule has 1 spiro atoms. The van der Waals surface area contributed by atoms with E-state index in [0.717, 1.165) is 25.9 Å². The van der Waals surface area contributed by atoms with Crippen LogP contribution in [0, 0.1) is 11.3 Å². The molecule has 1 aliphatic heterocycles. The van der Waals surface area contributed by atoms with Gasteiger partial charge in [-0.15, -0.1) is 0 Å². The lowest BCUT2D eigenvalue weighted by Crippen LogP contribution is -2.49. The molecule has 2 aliphatic rings. The van der Waals surface area contributed by atoms with E-state index >= 15 is 0 Å². The molecule has 0 radical (unpaired) electrons. The van der Waals surface area contributed by atoms with Gasteiger partial charge in [0.2, 0.25) is 5.95 Å². The third-order valence-corrected chi connectivity index (χ3v) is 7.23. The first-order valence-electron chi connectivity index (χ1n) is 9.96. The second-order valence-corrected chi connectivity index (χ2v) is 8.81. The van der Waals surface area contributed by atoms with Gasteiger partial charge in [-0.1, -0.05) is 36.7 Å². The highest BCUT2D eigenvalue weighted by atomic mass is 35.5. The molecule has 0 unspecified atom stereocenters. The molecule has 1 saturated heterocycles. The average molecular weight is 402 g/mol. The maximum atomic E-state index is 13.1. The molecule has 0 bridgehead atoms. The second kappa shape index (κ2) is 7.08. The van der Waals surface area contributed by atoms with Crippen molar-refractivity contribution >= 4 is 23.4 Å². The van der Waals surface area contributed by atoms with Gasteiger partial charge in [-0.2, -0.15) is 4.98 Å². The fourth-order valence-corrected chi connectivity index (χ4v) is 5.24. The van der Waals surface area contributed by atoms with Crippen LogP contribution in [-0.4, -0.2) is 28.7 Å². The summed E-state index contributed by atoms with van der Waals surface area (Å²) in [5.74, 6) is 1.42. The quantitative estimate of drug-likeness (QED) is 0.807. The van der Waals surface area contributed by atoms with Crippen LogP contribution >= 0.6 is 11.6 Å². The van der Waals surface area contributed by atoms with Crippen LogP contribution in [0.3, 0.4) is 0 Å². The molecule has 28 heavy (non-hydrogen) atoms. The zero-order chi connectivity index (χ0) is 20.1. The van der Waals surface area contributed by atoms with E-state index in [2.05, 4.69) is 16.8 Å². The summed E-state index contributed by atoms with van der Waals surface area (Å²) in [6.07, 6.45) is 4.46. The molecule has 1 aromatic heterocycles. The minimum atomic E-state index is -0.179. The Labute approximate surface area is 170 Å². The summed E-state index contributed by atoms with van der Waals surface area (Å²) in [4.78, 5) is 19.9. The smallest absolute Gasteiger partial charge is 0.264 e. The molecule has 4 N–H and O–H groups in total. The van der Waals surface area contributed by atoms with Gasteiger partial charge in [-0.3, -0.25) is 9.36 Å². The number of nitrogens with zero attached hydrogens (tertiary/aromatic N) is 3. The van der Waals surface area contributed by atoms with Crippen LogP contribution in [-0.2, 0) is 7.05 Å². The normalized spacial score (nSPS) is 24.1. The Kier molecular flexibility index (Phi) is 4.88. The molecular formula is C21H28ClN5O. The van der Waals surface area contributed by atoms with E-state index < -0.39 is 0 Å². The van der Waals surface area contributed by atoms with Crippen LogP contribution in [0.4, 0.5) is 11.8 Å². The van der Waals surface area contributed by atoms with Gasteiger partial charge >= 0.3 is 0 Å². The molecule has 2 atom stereocenters. The van der Waals surface area contributed by atoms with Crippen molar-refractivity contribution in [1.29, 1.82) is 0 Å². The van der Waals surface area contributed by atoms with E-state index in [1.165, 1.54) is 12.8 Å². The SMILES string of the molecule is C[C@@H]1CCC2(CCN(c3nc(N)c(-c4ccccc4Cl)c(=O)n3C)CC2)[C@@H]1N. The number of benzene rings is 1. The molecule has 7 heteroatoms. The Morgan fingerprint density at radius 3 is 2.50 bits per heavy atom. The summed E-state index contributed by atoms with van der Waals surface area (Å²) in [7, 11) is 1.75. The van der Waals surface area contributed by atoms with Crippen LogP contribution in [0.15, 0.2) is 29.1 Å². The second-order valence-electron chi connectivity index (χ2n) is 8.41. The lowest BCUT2D eigenvalue weighted by molar-refractivity contribution is 0.185. The number of piperidine rings is 1. The third kappa shape index (κ3) is 2.99. The van der Waals surface area contributed by atoms with Gasteiger partial charge in [-0.05, 0) is 43.1 Å². The molecule has 2 aromatic rings. The Bertz CT molecular complexity index is 948.